The zero-order valence-corrected chi connectivity index (χ0v) is 14.7. The van der Waals surface area contributed by atoms with Gasteiger partial charge in [-0.3, -0.25) is 0 Å². The molecule has 1 aromatic rings. The molecule has 2 amide bonds. The number of likely N-dealkylation sites (tertiary alicyclic amines) is 1. The first-order valence-corrected chi connectivity index (χ1v) is 8.96. The molecule has 5 nitrogen and oxygen atoms in total. The Balaban J connectivity index is 1.60. The summed E-state index contributed by atoms with van der Waals surface area (Å²) in [5.74, 6) is 0.916. The summed E-state index contributed by atoms with van der Waals surface area (Å²) >= 11 is 0. The lowest BCUT2D eigenvalue weighted by Gasteiger charge is -2.29. The summed E-state index contributed by atoms with van der Waals surface area (Å²) in [5, 5.41) is 3.19. The Hall–Kier alpha value is -1.75. The molecule has 0 saturated carbocycles. The number of aryl methyl sites for hydroxylation is 1. The minimum Gasteiger partial charge on any atom is -0.496 e. The smallest absolute Gasteiger partial charge is 0.317 e. The van der Waals surface area contributed by atoms with Crippen LogP contribution in [0.1, 0.15) is 36.8 Å². The number of urea groups is 1. The molecule has 1 unspecified atom stereocenters. The third-order valence-electron chi connectivity index (χ3n) is 5.12. The number of carbonyl (C=O) groups is 1. The summed E-state index contributed by atoms with van der Waals surface area (Å²) < 4.78 is 10.7. The van der Waals surface area contributed by atoms with E-state index in [2.05, 4.69) is 24.4 Å². The Bertz CT molecular complexity index is 570. The van der Waals surface area contributed by atoms with E-state index in [4.69, 9.17) is 9.47 Å². The van der Waals surface area contributed by atoms with E-state index in [1.54, 1.807) is 7.11 Å². The number of hydrogen-bond acceptors (Lipinski definition) is 3. The summed E-state index contributed by atoms with van der Waals surface area (Å²) in [7, 11) is 1.70. The third kappa shape index (κ3) is 4.01. The third-order valence-corrected chi connectivity index (χ3v) is 5.12. The van der Waals surface area contributed by atoms with Crippen LogP contribution in [0.15, 0.2) is 18.2 Å². The fourth-order valence-corrected chi connectivity index (χ4v) is 3.75. The van der Waals surface area contributed by atoms with Crippen LogP contribution in [0.3, 0.4) is 0 Å². The van der Waals surface area contributed by atoms with Crippen molar-refractivity contribution in [3.63, 3.8) is 0 Å². The van der Waals surface area contributed by atoms with Crippen LogP contribution in [0.5, 0.6) is 5.75 Å². The molecule has 0 aromatic heterocycles. The minimum atomic E-state index is 0.0923. The first-order chi connectivity index (χ1) is 11.7. The maximum Gasteiger partial charge on any atom is 0.317 e. The van der Waals surface area contributed by atoms with Crippen LogP contribution in [0.4, 0.5) is 4.79 Å². The Morgan fingerprint density at radius 2 is 2.12 bits per heavy atom. The van der Waals surface area contributed by atoms with Crippen molar-refractivity contribution < 1.29 is 14.3 Å². The van der Waals surface area contributed by atoms with Gasteiger partial charge in [0.1, 0.15) is 5.75 Å². The molecular formula is C19H28N2O3. The molecule has 1 atom stereocenters. The highest BCUT2D eigenvalue weighted by atomic mass is 16.5. The van der Waals surface area contributed by atoms with Gasteiger partial charge in [-0.05, 0) is 56.2 Å². The second-order valence-electron chi connectivity index (χ2n) is 6.83. The lowest BCUT2D eigenvalue weighted by atomic mass is 10.0. The number of ether oxygens (including phenoxy) is 2. The normalized spacial score (nSPS) is 21.8. The van der Waals surface area contributed by atoms with Crippen molar-refractivity contribution in [1.82, 2.24) is 10.2 Å². The molecule has 2 heterocycles. The number of amides is 2. The summed E-state index contributed by atoms with van der Waals surface area (Å²) in [6.45, 7) is 4.42. The SMILES string of the molecule is COc1ccc(CC2CCCN2C(=O)NC2CCOCC2)cc1C. The molecule has 0 spiro atoms. The van der Waals surface area contributed by atoms with Crippen molar-refractivity contribution in [2.45, 2.75) is 51.1 Å². The molecule has 24 heavy (non-hydrogen) atoms. The summed E-state index contributed by atoms with van der Waals surface area (Å²) in [6.07, 6.45) is 4.91. The fourth-order valence-electron chi connectivity index (χ4n) is 3.75. The van der Waals surface area contributed by atoms with Gasteiger partial charge in [-0.15, -0.1) is 0 Å². The van der Waals surface area contributed by atoms with Crippen LogP contribution in [0.25, 0.3) is 0 Å². The first-order valence-electron chi connectivity index (χ1n) is 8.96. The molecule has 0 radical (unpaired) electrons. The number of nitrogens with one attached hydrogen (secondary N) is 1. The average molecular weight is 332 g/mol. The molecule has 1 aromatic carbocycles. The number of benzene rings is 1. The fraction of sp³-hybridized carbons (Fsp3) is 0.632. The predicted molar refractivity (Wildman–Crippen MR) is 93.5 cm³/mol. The Kier molecular flexibility index (Phi) is 5.61. The first kappa shape index (κ1) is 17.1. The number of carbonyl (C=O) groups excluding carboxylic acids is 1. The Morgan fingerprint density at radius 3 is 2.83 bits per heavy atom. The van der Waals surface area contributed by atoms with Gasteiger partial charge in [0.05, 0.1) is 7.11 Å². The molecule has 0 bridgehead atoms. The van der Waals surface area contributed by atoms with Gasteiger partial charge in [-0.25, -0.2) is 4.79 Å². The molecule has 132 valence electrons. The largest absolute Gasteiger partial charge is 0.496 e. The van der Waals surface area contributed by atoms with Gasteiger partial charge in [0.2, 0.25) is 0 Å². The van der Waals surface area contributed by atoms with Crippen LogP contribution >= 0.6 is 0 Å². The molecule has 2 fully saturated rings. The van der Waals surface area contributed by atoms with E-state index in [0.717, 1.165) is 63.2 Å². The molecule has 2 aliphatic heterocycles. The van der Waals surface area contributed by atoms with E-state index in [1.165, 1.54) is 5.56 Å². The van der Waals surface area contributed by atoms with Crippen LogP contribution in [0.2, 0.25) is 0 Å². The van der Waals surface area contributed by atoms with E-state index in [-0.39, 0.29) is 18.1 Å². The Morgan fingerprint density at radius 1 is 1.33 bits per heavy atom. The van der Waals surface area contributed by atoms with E-state index >= 15 is 0 Å². The average Bonchev–Trinajstić information content (AvgIpc) is 3.04. The van der Waals surface area contributed by atoms with E-state index < -0.39 is 0 Å². The monoisotopic (exact) mass is 332 g/mol. The van der Waals surface area contributed by atoms with Gasteiger partial charge < -0.3 is 19.7 Å². The number of rotatable bonds is 4. The highest BCUT2D eigenvalue weighted by molar-refractivity contribution is 5.75. The second kappa shape index (κ2) is 7.88. The van der Waals surface area contributed by atoms with Crippen LogP contribution < -0.4 is 10.1 Å². The topological polar surface area (TPSA) is 50.8 Å². The zero-order valence-electron chi connectivity index (χ0n) is 14.7. The highest BCUT2D eigenvalue weighted by Crippen LogP contribution is 2.25. The maximum atomic E-state index is 12.6. The predicted octanol–water partition coefficient (Wildman–Crippen LogP) is 2.90. The van der Waals surface area contributed by atoms with E-state index in [9.17, 15) is 4.79 Å². The van der Waals surface area contributed by atoms with Crippen molar-refractivity contribution in [1.29, 1.82) is 0 Å². The summed E-state index contributed by atoms with van der Waals surface area (Å²) in [5.41, 5.74) is 2.41. The van der Waals surface area contributed by atoms with Gasteiger partial charge in [-0.2, -0.15) is 0 Å². The summed E-state index contributed by atoms with van der Waals surface area (Å²) in [6, 6.07) is 6.94. The lowest BCUT2D eigenvalue weighted by molar-refractivity contribution is 0.0778. The van der Waals surface area contributed by atoms with Crippen LogP contribution in [-0.4, -0.2) is 49.9 Å². The molecule has 2 saturated heterocycles. The summed E-state index contributed by atoms with van der Waals surface area (Å²) in [4.78, 5) is 14.7. The molecule has 0 aliphatic carbocycles. The van der Waals surface area contributed by atoms with Crippen LogP contribution in [0, 0.1) is 6.92 Å². The van der Waals surface area contributed by atoms with Gasteiger partial charge in [0.15, 0.2) is 0 Å². The minimum absolute atomic E-state index is 0.0923. The van der Waals surface area contributed by atoms with Crippen molar-refractivity contribution >= 4 is 6.03 Å². The van der Waals surface area contributed by atoms with Crippen molar-refractivity contribution in [2.75, 3.05) is 26.9 Å². The van der Waals surface area contributed by atoms with Gasteiger partial charge in [0.25, 0.3) is 0 Å². The maximum absolute atomic E-state index is 12.6. The number of hydrogen-bond donors (Lipinski definition) is 1. The molecule has 5 heteroatoms. The number of nitrogens with zero attached hydrogens (tertiary/aromatic N) is 1. The van der Waals surface area contributed by atoms with Gasteiger partial charge >= 0.3 is 6.03 Å². The second-order valence-corrected chi connectivity index (χ2v) is 6.83. The van der Waals surface area contributed by atoms with Crippen molar-refractivity contribution in [3.05, 3.63) is 29.3 Å². The van der Waals surface area contributed by atoms with Crippen molar-refractivity contribution in [2.24, 2.45) is 0 Å². The molecule has 2 aliphatic rings. The quantitative estimate of drug-likeness (QED) is 0.922. The van der Waals surface area contributed by atoms with Crippen molar-refractivity contribution in [3.8, 4) is 5.75 Å². The lowest BCUT2D eigenvalue weighted by Crippen LogP contribution is -2.48. The molecule has 3 rings (SSSR count). The van der Waals surface area contributed by atoms with Gasteiger partial charge in [-0.1, -0.05) is 12.1 Å². The van der Waals surface area contributed by atoms with E-state index in [0.29, 0.717) is 0 Å². The standard InChI is InChI=1S/C19H28N2O3/c1-14-12-15(5-6-18(14)23-2)13-17-4-3-9-21(17)19(22)20-16-7-10-24-11-8-16/h5-6,12,16-17H,3-4,7-11,13H2,1-2H3,(H,20,22). The zero-order chi connectivity index (χ0) is 16.9. The van der Waals surface area contributed by atoms with Gasteiger partial charge in [0, 0.05) is 31.8 Å². The van der Waals surface area contributed by atoms with E-state index in [1.807, 2.05) is 11.0 Å². The number of methoxy groups -OCH3 is 1. The van der Waals surface area contributed by atoms with Crippen LogP contribution in [-0.2, 0) is 11.2 Å². The Labute approximate surface area is 144 Å². The highest BCUT2D eigenvalue weighted by Gasteiger charge is 2.30. The molecular weight excluding hydrogens is 304 g/mol. The molecule has 1 N–H and O–H groups in total.